The van der Waals surface area contributed by atoms with Crippen LogP contribution in [0.3, 0.4) is 0 Å². The Labute approximate surface area is 159 Å². The van der Waals surface area contributed by atoms with E-state index in [2.05, 4.69) is 10.3 Å². The zero-order valence-electron chi connectivity index (χ0n) is 15.7. The first-order valence-electron chi connectivity index (χ1n) is 8.73. The second-order valence-corrected chi connectivity index (χ2v) is 6.36. The highest BCUT2D eigenvalue weighted by Crippen LogP contribution is 2.23. The fourth-order valence-electron chi connectivity index (χ4n) is 2.88. The molecule has 5 nitrogen and oxygen atoms in total. The number of rotatable bonds is 6. The normalized spacial score (nSPS) is 12.1. The van der Waals surface area contributed by atoms with Gasteiger partial charge in [-0.3, -0.25) is 4.79 Å². The average molecular weight is 361 g/mol. The smallest absolute Gasteiger partial charge is 0.244 e. The Kier molecular flexibility index (Phi) is 5.71. The summed E-state index contributed by atoms with van der Waals surface area (Å²) in [5.74, 6) is 1.35. The van der Waals surface area contributed by atoms with Gasteiger partial charge < -0.3 is 14.6 Å². The summed E-state index contributed by atoms with van der Waals surface area (Å²) in [6.45, 7) is 2.03. The van der Waals surface area contributed by atoms with Gasteiger partial charge >= 0.3 is 0 Å². The second-order valence-electron chi connectivity index (χ2n) is 6.36. The van der Waals surface area contributed by atoms with Gasteiger partial charge in [0.15, 0.2) is 0 Å². The van der Waals surface area contributed by atoms with Crippen LogP contribution in [-0.4, -0.2) is 22.6 Å². The Hall–Kier alpha value is -3.34. The molecular weight excluding hydrogens is 338 g/mol. The number of methoxy groups -OCH3 is 1. The third-order valence-electron chi connectivity index (χ3n) is 4.32. The fraction of sp³-hybridized carbons (Fsp3) is 0.182. The summed E-state index contributed by atoms with van der Waals surface area (Å²) in [4.78, 5) is 17.0. The van der Waals surface area contributed by atoms with E-state index >= 15 is 0 Å². The minimum atomic E-state index is -0.356. The zero-order chi connectivity index (χ0) is 19.2. The van der Waals surface area contributed by atoms with Gasteiger partial charge in [-0.25, -0.2) is 4.98 Å². The topological polar surface area (TPSA) is 56.1 Å². The van der Waals surface area contributed by atoms with Crippen LogP contribution >= 0.6 is 0 Å². The van der Waals surface area contributed by atoms with Crippen molar-refractivity contribution in [2.45, 2.75) is 13.0 Å². The zero-order valence-corrected chi connectivity index (χ0v) is 15.7. The molecule has 0 aliphatic carbocycles. The van der Waals surface area contributed by atoms with Crippen LogP contribution in [0, 0.1) is 6.92 Å². The maximum Gasteiger partial charge on any atom is 0.244 e. The average Bonchev–Trinajstić information content (AvgIpc) is 3.10. The van der Waals surface area contributed by atoms with Gasteiger partial charge in [0, 0.05) is 25.5 Å². The van der Waals surface area contributed by atoms with Crippen molar-refractivity contribution in [2.75, 3.05) is 7.11 Å². The van der Waals surface area contributed by atoms with Crippen LogP contribution in [0.1, 0.15) is 28.6 Å². The molecule has 1 heterocycles. The third kappa shape index (κ3) is 4.64. The van der Waals surface area contributed by atoms with Crippen LogP contribution in [-0.2, 0) is 11.8 Å². The van der Waals surface area contributed by atoms with Gasteiger partial charge in [-0.1, -0.05) is 42.0 Å². The van der Waals surface area contributed by atoms with Gasteiger partial charge in [-0.05, 0) is 36.3 Å². The molecule has 0 saturated heterocycles. The Bertz CT molecular complexity index is 942. The SMILES string of the molecule is COc1ccc(C(NC(=O)/C=C/c2cccc(C)c2)c2nccn2C)cc1. The van der Waals surface area contributed by atoms with Gasteiger partial charge in [-0.15, -0.1) is 0 Å². The van der Waals surface area contributed by atoms with Crippen molar-refractivity contribution >= 4 is 12.0 Å². The number of ether oxygens (including phenoxy) is 1. The van der Waals surface area contributed by atoms with E-state index in [0.29, 0.717) is 0 Å². The van der Waals surface area contributed by atoms with E-state index < -0.39 is 0 Å². The third-order valence-corrected chi connectivity index (χ3v) is 4.32. The molecule has 1 unspecified atom stereocenters. The lowest BCUT2D eigenvalue weighted by molar-refractivity contribution is -0.117. The van der Waals surface area contributed by atoms with E-state index in [0.717, 1.165) is 28.3 Å². The van der Waals surface area contributed by atoms with Crippen LogP contribution < -0.4 is 10.1 Å². The molecule has 1 amide bonds. The van der Waals surface area contributed by atoms with Crippen molar-refractivity contribution in [2.24, 2.45) is 7.05 Å². The fourth-order valence-corrected chi connectivity index (χ4v) is 2.88. The first-order valence-corrected chi connectivity index (χ1v) is 8.73. The lowest BCUT2D eigenvalue weighted by Gasteiger charge is -2.18. The lowest BCUT2D eigenvalue weighted by Crippen LogP contribution is -2.29. The Morgan fingerprint density at radius 3 is 2.63 bits per heavy atom. The molecule has 1 N–H and O–H groups in total. The highest BCUT2D eigenvalue weighted by Gasteiger charge is 2.19. The summed E-state index contributed by atoms with van der Waals surface area (Å²) in [5, 5.41) is 3.05. The number of aryl methyl sites for hydroxylation is 2. The van der Waals surface area contributed by atoms with Gasteiger partial charge in [0.2, 0.25) is 5.91 Å². The van der Waals surface area contributed by atoms with E-state index in [1.165, 1.54) is 0 Å². The first-order chi connectivity index (χ1) is 13.1. The molecule has 1 atom stereocenters. The van der Waals surface area contributed by atoms with Crippen LogP contribution in [0.15, 0.2) is 67.0 Å². The van der Waals surface area contributed by atoms with Crippen molar-refractivity contribution in [1.29, 1.82) is 0 Å². The lowest BCUT2D eigenvalue weighted by atomic mass is 10.1. The Morgan fingerprint density at radius 1 is 1.22 bits per heavy atom. The molecule has 0 radical (unpaired) electrons. The van der Waals surface area contributed by atoms with Crippen molar-refractivity contribution in [3.63, 3.8) is 0 Å². The van der Waals surface area contributed by atoms with Gasteiger partial charge in [0.05, 0.1) is 7.11 Å². The van der Waals surface area contributed by atoms with E-state index in [1.54, 1.807) is 19.4 Å². The van der Waals surface area contributed by atoms with Crippen molar-refractivity contribution < 1.29 is 9.53 Å². The number of carbonyl (C=O) groups excluding carboxylic acids is 1. The number of hydrogen-bond donors (Lipinski definition) is 1. The number of hydrogen-bond acceptors (Lipinski definition) is 3. The van der Waals surface area contributed by atoms with Gasteiger partial charge in [0.25, 0.3) is 0 Å². The van der Waals surface area contributed by atoms with Crippen LogP contribution in [0.2, 0.25) is 0 Å². The minimum Gasteiger partial charge on any atom is -0.497 e. The summed E-state index contributed by atoms with van der Waals surface area (Å²) in [6.07, 6.45) is 6.95. The highest BCUT2D eigenvalue weighted by atomic mass is 16.5. The van der Waals surface area contributed by atoms with E-state index in [4.69, 9.17) is 4.74 Å². The number of aromatic nitrogens is 2. The Balaban J connectivity index is 1.82. The summed E-state index contributed by atoms with van der Waals surface area (Å²) >= 11 is 0. The monoisotopic (exact) mass is 361 g/mol. The largest absolute Gasteiger partial charge is 0.497 e. The molecule has 3 aromatic rings. The molecule has 3 rings (SSSR count). The van der Waals surface area contributed by atoms with Crippen molar-refractivity contribution in [3.05, 3.63) is 89.5 Å². The molecule has 0 saturated carbocycles. The number of nitrogens with zero attached hydrogens (tertiary/aromatic N) is 2. The van der Waals surface area contributed by atoms with Crippen molar-refractivity contribution in [3.8, 4) is 5.75 Å². The maximum absolute atomic E-state index is 12.6. The van der Waals surface area contributed by atoms with Crippen LogP contribution in [0.25, 0.3) is 6.08 Å². The van der Waals surface area contributed by atoms with Crippen molar-refractivity contribution in [1.82, 2.24) is 14.9 Å². The van der Waals surface area contributed by atoms with E-state index in [-0.39, 0.29) is 11.9 Å². The molecule has 27 heavy (non-hydrogen) atoms. The summed E-state index contributed by atoms with van der Waals surface area (Å²) in [6, 6.07) is 15.3. The van der Waals surface area contributed by atoms with Gasteiger partial charge in [-0.2, -0.15) is 0 Å². The summed E-state index contributed by atoms with van der Waals surface area (Å²) in [7, 11) is 3.54. The molecular formula is C22H23N3O2. The predicted octanol–water partition coefficient (Wildman–Crippen LogP) is 3.66. The molecule has 2 aromatic carbocycles. The highest BCUT2D eigenvalue weighted by molar-refractivity contribution is 5.92. The van der Waals surface area contributed by atoms with Crippen LogP contribution in [0.4, 0.5) is 0 Å². The molecule has 0 spiro atoms. The first kappa shape index (κ1) is 18.5. The van der Waals surface area contributed by atoms with Crippen LogP contribution in [0.5, 0.6) is 5.75 Å². The Morgan fingerprint density at radius 2 is 2.00 bits per heavy atom. The molecule has 0 bridgehead atoms. The molecule has 0 fully saturated rings. The maximum atomic E-state index is 12.6. The summed E-state index contributed by atoms with van der Waals surface area (Å²) < 4.78 is 7.12. The number of carbonyl (C=O) groups is 1. The van der Waals surface area contributed by atoms with Gasteiger partial charge in [0.1, 0.15) is 17.6 Å². The quantitative estimate of drug-likeness (QED) is 0.682. The summed E-state index contributed by atoms with van der Waals surface area (Å²) in [5.41, 5.74) is 3.08. The predicted molar refractivity (Wildman–Crippen MR) is 106 cm³/mol. The molecule has 5 heteroatoms. The molecule has 0 aliphatic heterocycles. The molecule has 138 valence electrons. The number of benzene rings is 2. The van der Waals surface area contributed by atoms with E-state index in [1.807, 2.05) is 79.3 Å². The number of imidazole rings is 1. The second kappa shape index (κ2) is 8.36. The van der Waals surface area contributed by atoms with E-state index in [9.17, 15) is 4.79 Å². The standard InChI is InChI=1S/C22H23N3O2/c1-16-5-4-6-17(15-16)7-12-20(26)24-21(22-23-13-14-25(22)2)18-8-10-19(27-3)11-9-18/h4-15,21H,1-3H3,(H,24,26)/b12-7+. The number of nitrogens with one attached hydrogen (secondary N) is 1. The molecule has 1 aromatic heterocycles. The number of amides is 1. The molecule has 0 aliphatic rings. The minimum absolute atomic E-state index is 0.180.